The standard InChI is InChI=1S/C28H28N2O5/c1-3-9-24(26(31)29-23-15-8-10-17(2)25(23)27(32)33)30-28(34)35-16-22-20-13-6-4-11-18(20)19-12-5-7-14-21(19)22/h4-8,10-15,22,24H,3,9,16H2,1-2H3,(H,29,31)(H,30,34)(H,32,33)/t24-/m0/s1. The minimum absolute atomic E-state index is 0.0252. The van der Waals surface area contributed by atoms with Gasteiger partial charge in [-0.25, -0.2) is 9.59 Å². The first kappa shape index (κ1) is 24.0. The second-order valence-corrected chi connectivity index (χ2v) is 8.60. The van der Waals surface area contributed by atoms with E-state index in [9.17, 15) is 19.5 Å². The molecule has 4 rings (SSSR count). The van der Waals surface area contributed by atoms with Gasteiger partial charge in [-0.05, 0) is 47.2 Å². The van der Waals surface area contributed by atoms with E-state index in [1.54, 1.807) is 19.1 Å². The van der Waals surface area contributed by atoms with E-state index in [2.05, 4.69) is 22.8 Å². The Morgan fingerprint density at radius 1 is 0.943 bits per heavy atom. The van der Waals surface area contributed by atoms with E-state index < -0.39 is 24.0 Å². The Kier molecular flexibility index (Phi) is 7.15. The number of ether oxygens (including phenoxy) is 1. The van der Waals surface area contributed by atoms with E-state index in [0.717, 1.165) is 22.3 Å². The number of aryl methyl sites for hydroxylation is 1. The Hall–Kier alpha value is -4.13. The first-order chi connectivity index (χ1) is 16.9. The molecule has 180 valence electrons. The Morgan fingerprint density at radius 2 is 1.57 bits per heavy atom. The van der Waals surface area contributed by atoms with Crippen LogP contribution in [0.2, 0.25) is 0 Å². The highest BCUT2D eigenvalue weighted by Gasteiger charge is 2.30. The van der Waals surface area contributed by atoms with E-state index in [1.807, 2.05) is 43.3 Å². The number of carbonyl (C=O) groups excluding carboxylic acids is 2. The number of fused-ring (bicyclic) bond motifs is 3. The summed E-state index contributed by atoms with van der Waals surface area (Å²) in [5.41, 5.74) is 5.22. The number of hydrogen-bond donors (Lipinski definition) is 3. The van der Waals surface area contributed by atoms with E-state index in [-0.39, 0.29) is 23.8 Å². The van der Waals surface area contributed by atoms with Crippen LogP contribution in [0, 0.1) is 6.92 Å². The lowest BCUT2D eigenvalue weighted by Crippen LogP contribution is -2.44. The van der Waals surface area contributed by atoms with Gasteiger partial charge in [0.2, 0.25) is 5.91 Å². The van der Waals surface area contributed by atoms with Crippen molar-refractivity contribution in [2.75, 3.05) is 11.9 Å². The van der Waals surface area contributed by atoms with Crippen molar-refractivity contribution < 1.29 is 24.2 Å². The van der Waals surface area contributed by atoms with Gasteiger partial charge >= 0.3 is 12.1 Å². The average Bonchev–Trinajstić information content (AvgIpc) is 3.16. The molecule has 0 fully saturated rings. The Labute approximate surface area is 204 Å². The summed E-state index contributed by atoms with van der Waals surface area (Å²) < 4.78 is 5.57. The fraction of sp³-hybridized carbons (Fsp3) is 0.250. The maximum Gasteiger partial charge on any atom is 0.407 e. The summed E-state index contributed by atoms with van der Waals surface area (Å²) in [6, 6.07) is 20.1. The van der Waals surface area contributed by atoms with Crippen molar-refractivity contribution in [3.8, 4) is 11.1 Å². The molecule has 0 aliphatic heterocycles. The average molecular weight is 473 g/mol. The fourth-order valence-corrected chi connectivity index (χ4v) is 4.62. The lowest BCUT2D eigenvalue weighted by Gasteiger charge is -2.20. The largest absolute Gasteiger partial charge is 0.478 e. The molecule has 1 aliphatic carbocycles. The topological polar surface area (TPSA) is 105 Å². The van der Waals surface area contributed by atoms with Crippen molar-refractivity contribution in [3.63, 3.8) is 0 Å². The van der Waals surface area contributed by atoms with Crippen LogP contribution in [0.1, 0.15) is 52.7 Å². The molecule has 0 bridgehead atoms. The van der Waals surface area contributed by atoms with Crippen LogP contribution in [-0.2, 0) is 9.53 Å². The van der Waals surface area contributed by atoms with E-state index >= 15 is 0 Å². The molecule has 0 saturated heterocycles. The number of carbonyl (C=O) groups is 3. The molecule has 3 N–H and O–H groups in total. The molecule has 0 aromatic heterocycles. The van der Waals surface area contributed by atoms with Gasteiger partial charge in [-0.15, -0.1) is 0 Å². The number of benzene rings is 3. The summed E-state index contributed by atoms with van der Waals surface area (Å²) in [6.45, 7) is 3.70. The van der Waals surface area contributed by atoms with Gasteiger partial charge in [0.25, 0.3) is 0 Å². The molecular weight excluding hydrogens is 444 g/mol. The van der Waals surface area contributed by atoms with Crippen molar-refractivity contribution in [3.05, 3.63) is 89.0 Å². The monoisotopic (exact) mass is 472 g/mol. The van der Waals surface area contributed by atoms with Crippen molar-refractivity contribution in [2.45, 2.75) is 38.6 Å². The molecule has 2 amide bonds. The molecular formula is C28H28N2O5. The van der Waals surface area contributed by atoms with Crippen molar-refractivity contribution in [2.24, 2.45) is 0 Å². The third-order valence-corrected chi connectivity index (χ3v) is 6.27. The third kappa shape index (κ3) is 5.04. The zero-order chi connectivity index (χ0) is 24.9. The van der Waals surface area contributed by atoms with E-state index in [1.165, 1.54) is 6.07 Å². The zero-order valence-electron chi connectivity index (χ0n) is 19.7. The Balaban J connectivity index is 1.43. The van der Waals surface area contributed by atoms with Crippen LogP contribution in [0.3, 0.4) is 0 Å². The maximum absolute atomic E-state index is 12.9. The van der Waals surface area contributed by atoms with Gasteiger partial charge in [-0.1, -0.05) is 74.0 Å². The molecule has 0 saturated carbocycles. The normalized spacial score (nSPS) is 12.9. The summed E-state index contributed by atoms with van der Waals surface area (Å²) >= 11 is 0. The molecule has 0 heterocycles. The van der Waals surface area contributed by atoms with Crippen LogP contribution < -0.4 is 10.6 Å². The maximum atomic E-state index is 12.9. The number of carboxylic acid groups (broad SMARTS) is 1. The van der Waals surface area contributed by atoms with Gasteiger partial charge in [0, 0.05) is 5.92 Å². The summed E-state index contributed by atoms with van der Waals surface area (Å²) in [6.07, 6.45) is 0.328. The van der Waals surface area contributed by atoms with Gasteiger partial charge in [0.1, 0.15) is 12.6 Å². The van der Waals surface area contributed by atoms with Crippen LogP contribution >= 0.6 is 0 Å². The molecule has 1 aliphatic rings. The van der Waals surface area contributed by atoms with Gasteiger partial charge in [0.15, 0.2) is 0 Å². The van der Waals surface area contributed by atoms with Crippen LogP contribution in [-0.4, -0.2) is 35.7 Å². The van der Waals surface area contributed by atoms with Gasteiger partial charge in [-0.2, -0.15) is 0 Å². The SMILES string of the molecule is CCC[C@H](NC(=O)OCC1c2ccccc2-c2ccccc21)C(=O)Nc1cccc(C)c1C(=O)O. The quantitative estimate of drug-likeness (QED) is 0.411. The van der Waals surface area contributed by atoms with Crippen molar-refractivity contribution >= 4 is 23.7 Å². The first-order valence-corrected chi connectivity index (χ1v) is 11.7. The Bertz CT molecular complexity index is 1220. The van der Waals surface area contributed by atoms with Crippen molar-refractivity contribution in [1.82, 2.24) is 5.32 Å². The lowest BCUT2D eigenvalue weighted by atomic mass is 9.98. The van der Waals surface area contributed by atoms with Crippen LogP contribution in [0.15, 0.2) is 66.7 Å². The second-order valence-electron chi connectivity index (χ2n) is 8.60. The number of rotatable bonds is 8. The predicted octanol–water partition coefficient (Wildman–Crippen LogP) is 5.34. The van der Waals surface area contributed by atoms with Crippen molar-refractivity contribution in [1.29, 1.82) is 0 Å². The smallest absolute Gasteiger partial charge is 0.407 e. The lowest BCUT2D eigenvalue weighted by molar-refractivity contribution is -0.118. The highest BCUT2D eigenvalue weighted by atomic mass is 16.5. The number of alkyl carbamates (subject to hydrolysis) is 1. The van der Waals surface area contributed by atoms with Crippen LogP contribution in [0.5, 0.6) is 0 Å². The predicted molar refractivity (Wildman–Crippen MR) is 134 cm³/mol. The molecule has 0 spiro atoms. The van der Waals surface area contributed by atoms with E-state index in [4.69, 9.17) is 4.74 Å². The van der Waals surface area contributed by atoms with Crippen LogP contribution in [0.25, 0.3) is 11.1 Å². The number of carboxylic acids is 1. The summed E-state index contributed by atoms with van der Waals surface area (Å²) in [5.74, 6) is -1.71. The minimum Gasteiger partial charge on any atom is -0.478 e. The summed E-state index contributed by atoms with van der Waals surface area (Å²) in [4.78, 5) is 37.3. The van der Waals surface area contributed by atoms with E-state index in [0.29, 0.717) is 18.4 Å². The molecule has 1 atom stereocenters. The summed E-state index contributed by atoms with van der Waals surface area (Å²) in [5, 5.41) is 14.8. The fourth-order valence-electron chi connectivity index (χ4n) is 4.62. The first-order valence-electron chi connectivity index (χ1n) is 11.7. The highest BCUT2D eigenvalue weighted by molar-refractivity contribution is 6.03. The third-order valence-electron chi connectivity index (χ3n) is 6.27. The number of anilines is 1. The number of amides is 2. The minimum atomic E-state index is -1.13. The molecule has 7 nitrogen and oxygen atoms in total. The molecule has 3 aromatic rings. The molecule has 3 aromatic carbocycles. The summed E-state index contributed by atoms with van der Waals surface area (Å²) in [7, 11) is 0. The molecule has 0 unspecified atom stereocenters. The molecule has 35 heavy (non-hydrogen) atoms. The van der Waals surface area contributed by atoms with Gasteiger partial charge < -0.3 is 20.5 Å². The number of hydrogen-bond acceptors (Lipinski definition) is 4. The number of aromatic carboxylic acids is 1. The molecule has 0 radical (unpaired) electrons. The van der Waals surface area contributed by atoms with Gasteiger partial charge in [0.05, 0.1) is 11.3 Å². The molecule has 7 heteroatoms. The number of nitrogens with one attached hydrogen (secondary N) is 2. The zero-order valence-corrected chi connectivity index (χ0v) is 19.7. The highest BCUT2D eigenvalue weighted by Crippen LogP contribution is 2.44. The second kappa shape index (κ2) is 10.4. The van der Waals surface area contributed by atoms with Crippen LogP contribution in [0.4, 0.5) is 10.5 Å². The van der Waals surface area contributed by atoms with Gasteiger partial charge in [-0.3, -0.25) is 4.79 Å². The Morgan fingerprint density at radius 3 is 2.17 bits per heavy atom.